The molecule has 7 nitrogen and oxygen atoms in total. The van der Waals surface area contributed by atoms with Crippen molar-refractivity contribution in [3.05, 3.63) is 72.6 Å². The third-order valence-electron chi connectivity index (χ3n) is 6.06. The van der Waals surface area contributed by atoms with Gasteiger partial charge in [-0.3, -0.25) is 4.79 Å². The maximum absolute atomic E-state index is 12.7. The summed E-state index contributed by atoms with van der Waals surface area (Å²) in [6, 6.07) is 19.3. The summed E-state index contributed by atoms with van der Waals surface area (Å²) < 4.78 is 5.89. The number of nitrogens with one attached hydrogen (secondary N) is 1. The number of hydrogen-bond acceptors (Lipinski definition) is 7. The first kappa shape index (κ1) is 23.0. The summed E-state index contributed by atoms with van der Waals surface area (Å²) in [7, 11) is 0. The molecule has 1 aliphatic carbocycles. The van der Waals surface area contributed by atoms with Gasteiger partial charge in [0.15, 0.2) is 5.78 Å². The molecule has 7 heteroatoms. The van der Waals surface area contributed by atoms with Crippen LogP contribution in [-0.4, -0.2) is 21.8 Å². The van der Waals surface area contributed by atoms with Crippen LogP contribution in [0.4, 0.5) is 11.6 Å². The molecule has 3 aromatic rings. The second kappa shape index (κ2) is 10.6. The standard InChI is InChI=1S/C27H27N5O2/c1-2-18(16-28)25(33)20-7-6-8-21(15-20)32-27-24(26(29)30-17-31-27)19-11-13-23(14-12-19)34-22-9-4-3-5-10-22/h2-5,9-14,17,20-21H,6-8,15H2,1H3,(H3,29,30,31,32)/t20-,21+/m0/s1. The van der Waals surface area contributed by atoms with E-state index in [-0.39, 0.29) is 23.3 Å². The molecule has 0 bridgehead atoms. The number of para-hydroxylation sites is 1. The molecule has 0 spiro atoms. The average Bonchev–Trinajstić information content (AvgIpc) is 2.86. The Kier molecular flexibility index (Phi) is 7.19. The van der Waals surface area contributed by atoms with Gasteiger partial charge in [0.2, 0.25) is 0 Å². The number of carbonyl (C=O) groups is 1. The van der Waals surface area contributed by atoms with Crippen LogP contribution in [0.3, 0.4) is 0 Å². The molecule has 0 aliphatic heterocycles. The van der Waals surface area contributed by atoms with Gasteiger partial charge >= 0.3 is 0 Å². The Labute approximate surface area is 199 Å². The maximum atomic E-state index is 12.7. The minimum absolute atomic E-state index is 0.0493. The van der Waals surface area contributed by atoms with Crippen LogP contribution in [-0.2, 0) is 4.79 Å². The van der Waals surface area contributed by atoms with E-state index in [4.69, 9.17) is 10.5 Å². The van der Waals surface area contributed by atoms with Crippen molar-refractivity contribution in [1.82, 2.24) is 9.97 Å². The van der Waals surface area contributed by atoms with E-state index in [0.717, 1.165) is 30.6 Å². The first-order valence-corrected chi connectivity index (χ1v) is 11.4. The van der Waals surface area contributed by atoms with Crippen LogP contribution in [0.5, 0.6) is 11.5 Å². The van der Waals surface area contributed by atoms with Crippen LogP contribution < -0.4 is 15.8 Å². The molecule has 0 radical (unpaired) electrons. The van der Waals surface area contributed by atoms with Crippen molar-refractivity contribution < 1.29 is 9.53 Å². The van der Waals surface area contributed by atoms with Crippen molar-refractivity contribution >= 4 is 17.4 Å². The Morgan fingerprint density at radius 1 is 1.12 bits per heavy atom. The highest BCUT2D eigenvalue weighted by Gasteiger charge is 2.29. The van der Waals surface area contributed by atoms with Crippen molar-refractivity contribution in [1.29, 1.82) is 5.26 Å². The highest BCUT2D eigenvalue weighted by Crippen LogP contribution is 2.35. The maximum Gasteiger partial charge on any atom is 0.176 e. The number of benzene rings is 2. The van der Waals surface area contributed by atoms with E-state index >= 15 is 0 Å². The number of rotatable bonds is 7. The van der Waals surface area contributed by atoms with Crippen LogP contribution in [0.15, 0.2) is 72.6 Å². The van der Waals surface area contributed by atoms with Crippen LogP contribution >= 0.6 is 0 Å². The van der Waals surface area contributed by atoms with Gasteiger partial charge in [0, 0.05) is 12.0 Å². The summed E-state index contributed by atoms with van der Waals surface area (Å²) in [5.41, 5.74) is 8.07. The zero-order chi connectivity index (χ0) is 23.9. The first-order valence-electron chi connectivity index (χ1n) is 11.4. The first-order chi connectivity index (χ1) is 16.6. The Morgan fingerprint density at radius 2 is 1.85 bits per heavy atom. The number of nitrogens with two attached hydrogens (primary N) is 1. The van der Waals surface area contributed by atoms with E-state index < -0.39 is 0 Å². The average molecular weight is 454 g/mol. The predicted molar refractivity (Wildman–Crippen MR) is 132 cm³/mol. The minimum Gasteiger partial charge on any atom is -0.457 e. The van der Waals surface area contributed by atoms with E-state index in [1.165, 1.54) is 6.33 Å². The summed E-state index contributed by atoms with van der Waals surface area (Å²) in [6.07, 6.45) is 6.27. The summed E-state index contributed by atoms with van der Waals surface area (Å²) in [5, 5.41) is 12.7. The van der Waals surface area contributed by atoms with Gasteiger partial charge in [-0.05, 0) is 56.0 Å². The van der Waals surface area contributed by atoms with Gasteiger partial charge in [0.05, 0.1) is 11.1 Å². The van der Waals surface area contributed by atoms with Crippen LogP contribution in [0, 0.1) is 17.2 Å². The second-order valence-electron chi connectivity index (χ2n) is 8.31. The normalized spacial score (nSPS) is 18.1. The van der Waals surface area contributed by atoms with Crippen molar-refractivity contribution in [3.8, 4) is 28.7 Å². The van der Waals surface area contributed by atoms with Gasteiger partial charge in [-0.25, -0.2) is 9.97 Å². The van der Waals surface area contributed by atoms with Gasteiger partial charge in [0.1, 0.15) is 35.5 Å². The molecule has 1 fully saturated rings. The molecule has 1 saturated carbocycles. The molecule has 1 heterocycles. The Bertz CT molecular complexity index is 1220. The molecule has 0 saturated heterocycles. The summed E-state index contributed by atoms with van der Waals surface area (Å²) in [5.74, 6) is 2.24. The Balaban J connectivity index is 1.52. The zero-order valence-corrected chi connectivity index (χ0v) is 19.1. The Hall–Kier alpha value is -4.18. The highest BCUT2D eigenvalue weighted by molar-refractivity contribution is 6.00. The second-order valence-corrected chi connectivity index (χ2v) is 8.31. The van der Waals surface area contributed by atoms with Gasteiger partial charge in [-0.1, -0.05) is 42.8 Å². The van der Waals surface area contributed by atoms with Crippen LogP contribution in [0.1, 0.15) is 32.6 Å². The zero-order valence-electron chi connectivity index (χ0n) is 19.1. The molecule has 0 amide bonds. The molecule has 1 aliphatic rings. The molecular weight excluding hydrogens is 426 g/mol. The molecule has 4 rings (SSSR count). The SMILES string of the molecule is CC=C(C#N)C(=O)[C@H]1CCC[C@@H](Nc2ncnc(N)c2-c2ccc(Oc3ccccc3)cc2)C1. The van der Waals surface area contributed by atoms with Crippen LogP contribution in [0.2, 0.25) is 0 Å². The van der Waals surface area contributed by atoms with E-state index in [0.29, 0.717) is 29.4 Å². The molecule has 34 heavy (non-hydrogen) atoms. The number of nitrogens with zero attached hydrogens (tertiary/aromatic N) is 3. The molecule has 1 aromatic heterocycles. The van der Waals surface area contributed by atoms with Gasteiger partial charge in [0.25, 0.3) is 0 Å². The third kappa shape index (κ3) is 5.24. The highest BCUT2D eigenvalue weighted by atomic mass is 16.5. The van der Waals surface area contributed by atoms with Gasteiger partial charge < -0.3 is 15.8 Å². The van der Waals surface area contributed by atoms with E-state index in [1.807, 2.05) is 60.7 Å². The lowest BCUT2D eigenvalue weighted by Crippen LogP contribution is -2.32. The number of ether oxygens (including phenoxy) is 1. The monoisotopic (exact) mass is 453 g/mol. The van der Waals surface area contributed by atoms with Crippen molar-refractivity contribution in [2.75, 3.05) is 11.1 Å². The lowest BCUT2D eigenvalue weighted by atomic mass is 9.81. The van der Waals surface area contributed by atoms with E-state index in [2.05, 4.69) is 15.3 Å². The fourth-order valence-corrected chi connectivity index (χ4v) is 4.34. The number of nitriles is 1. The smallest absolute Gasteiger partial charge is 0.176 e. The summed E-state index contributed by atoms with van der Waals surface area (Å²) in [6.45, 7) is 1.72. The van der Waals surface area contributed by atoms with Gasteiger partial charge in [-0.2, -0.15) is 5.26 Å². The predicted octanol–water partition coefficient (Wildman–Crippen LogP) is 5.53. The van der Waals surface area contributed by atoms with Gasteiger partial charge in [-0.15, -0.1) is 0 Å². The number of nitrogen functional groups attached to an aromatic ring is 1. The summed E-state index contributed by atoms with van der Waals surface area (Å²) in [4.78, 5) is 21.3. The number of aromatic nitrogens is 2. The van der Waals surface area contributed by atoms with Crippen molar-refractivity contribution in [2.45, 2.75) is 38.6 Å². The lowest BCUT2D eigenvalue weighted by Gasteiger charge is -2.29. The van der Waals surface area contributed by atoms with Crippen LogP contribution in [0.25, 0.3) is 11.1 Å². The topological polar surface area (TPSA) is 114 Å². The number of ketones is 1. The van der Waals surface area contributed by atoms with E-state index in [1.54, 1.807) is 13.0 Å². The lowest BCUT2D eigenvalue weighted by molar-refractivity contribution is -0.119. The number of allylic oxidation sites excluding steroid dienone is 2. The number of anilines is 2. The Morgan fingerprint density at radius 3 is 2.56 bits per heavy atom. The number of carbonyl (C=O) groups excluding carboxylic acids is 1. The fourth-order valence-electron chi connectivity index (χ4n) is 4.34. The number of hydrogen-bond donors (Lipinski definition) is 2. The molecule has 3 N–H and O–H groups in total. The molecule has 2 atom stereocenters. The van der Waals surface area contributed by atoms with Crippen molar-refractivity contribution in [3.63, 3.8) is 0 Å². The minimum atomic E-state index is -0.172. The van der Waals surface area contributed by atoms with E-state index in [9.17, 15) is 10.1 Å². The summed E-state index contributed by atoms with van der Waals surface area (Å²) >= 11 is 0. The largest absolute Gasteiger partial charge is 0.457 e. The quantitative estimate of drug-likeness (QED) is 0.357. The number of Topliss-reactive ketones (excluding diaryl/α,β-unsaturated/α-hetero) is 1. The third-order valence-corrected chi connectivity index (χ3v) is 6.06. The molecular formula is C27H27N5O2. The molecule has 2 aromatic carbocycles. The van der Waals surface area contributed by atoms with Crippen molar-refractivity contribution in [2.24, 2.45) is 5.92 Å². The molecule has 172 valence electrons. The fraction of sp³-hybridized carbons (Fsp3) is 0.259. The molecule has 0 unspecified atom stereocenters.